The van der Waals surface area contributed by atoms with Gasteiger partial charge in [0.05, 0.1) is 0 Å². The number of unbranched alkanes of at least 4 members (excludes halogenated alkanes) is 1. The quantitative estimate of drug-likeness (QED) is 0.0747. The first-order chi connectivity index (χ1) is 16.9. The van der Waals surface area contributed by atoms with Crippen molar-refractivity contribution in [1.29, 1.82) is 0 Å². The molecule has 0 bridgehead atoms. The lowest BCUT2D eigenvalue weighted by molar-refractivity contribution is -0.115. The summed E-state index contributed by atoms with van der Waals surface area (Å²) in [4.78, 5) is 12.7. The lowest BCUT2D eigenvalue weighted by atomic mass is 9.98. The molecule has 0 radical (unpaired) electrons. The van der Waals surface area contributed by atoms with E-state index in [1.165, 1.54) is 16.4 Å². The van der Waals surface area contributed by atoms with E-state index in [0.717, 1.165) is 50.6 Å². The Labute approximate surface area is 217 Å². The van der Waals surface area contributed by atoms with Crippen LogP contribution in [0.15, 0.2) is 96.7 Å². The number of benzene rings is 1. The predicted molar refractivity (Wildman–Crippen MR) is 159 cm³/mol. The Morgan fingerprint density at radius 1 is 1.17 bits per heavy atom. The van der Waals surface area contributed by atoms with Crippen molar-refractivity contribution in [3.8, 4) is 0 Å². The van der Waals surface area contributed by atoms with Crippen molar-refractivity contribution in [2.75, 3.05) is 6.54 Å². The van der Waals surface area contributed by atoms with E-state index < -0.39 is 0 Å². The predicted octanol–water partition coefficient (Wildman–Crippen LogP) is 7.75. The monoisotopic (exact) mass is 491 g/mol. The van der Waals surface area contributed by atoms with Crippen LogP contribution in [0.3, 0.4) is 0 Å². The smallest absolute Gasteiger partial charge is 0.162 e. The zero-order chi connectivity index (χ0) is 25.9. The number of allylic oxidation sites excluding steroid dienone is 8. The minimum absolute atomic E-state index is 0.0843. The van der Waals surface area contributed by atoms with Crippen LogP contribution in [0.25, 0.3) is 0 Å². The van der Waals surface area contributed by atoms with Gasteiger partial charge in [0.1, 0.15) is 0 Å². The molecule has 2 atom stereocenters. The number of carbonyl (C=O) groups is 1. The third kappa shape index (κ3) is 13.4. The van der Waals surface area contributed by atoms with E-state index in [-0.39, 0.29) is 11.8 Å². The van der Waals surface area contributed by atoms with Crippen LogP contribution >= 0.6 is 9.24 Å². The van der Waals surface area contributed by atoms with Crippen molar-refractivity contribution in [2.24, 2.45) is 0 Å². The second kappa shape index (κ2) is 19.0. The number of hydrogen-bond donors (Lipinski definition) is 1. The zero-order valence-electron chi connectivity index (χ0n) is 22.2. The second-order valence-electron chi connectivity index (χ2n) is 8.85. The summed E-state index contributed by atoms with van der Waals surface area (Å²) in [6.45, 7) is 15.2. The van der Waals surface area contributed by atoms with Crippen LogP contribution in [0, 0.1) is 0 Å². The summed E-state index contributed by atoms with van der Waals surface area (Å²) in [7, 11) is 2.77. The first-order valence-electron chi connectivity index (χ1n) is 13.1. The Kier molecular flexibility index (Phi) is 16.7. The first kappa shape index (κ1) is 30.8. The SMILES string of the molecule is C=C/C(=C\C=C/C)CCC(=O)C(=C)/C=C\C(NCCCCc1cccc(P)c1)/C(=C/CC)CCC. The summed E-state index contributed by atoms with van der Waals surface area (Å²) in [6.07, 6.45) is 21.8. The molecule has 1 aromatic carbocycles. The maximum Gasteiger partial charge on any atom is 0.162 e. The van der Waals surface area contributed by atoms with Gasteiger partial charge in [-0.15, -0.1) is 9.24 Å². The van der Waals surface area contributed by atoms with Crippen LogP contribution in [-0.4, -0.2) is 18.4 Å². The number of aryl methyl sites for hydroxylation is 1. The molecule has 0 heterocycles. The number of nitrogens with one attached hydrogen (secondary N) is 1. The molecule has 0 aromatic heterocycles. The van der Waals surface area contributed by atoms with Gasteiger partial charge < -0.3 is 5.32 Å². The van der Waals surface area contributed by atoms with E-state index in [1.807, 2.05) is 37.3 Å². The molecule has 1 rings (SSSR count). The van der Waals surface area contributed by atoms with Gasteiger partial charge in [-0.25, -0.2) is 0 Å². The molecule has 2 unspecified atom stereocenters. The largest absolute Gasteiger partial charge is 0.307 e. The van der Waals surface area contributed by atoms with Gasteiger partial charge in [-0.05, 0) is 68.4 Å². The lowest BCUT2D eigenvalue weighted by Gasteiger charge is -2.19. The van der Waals surface area contributed by atoms with E-state index in [9.17, 15) is 4.79 Å². The van der Waals surface area contributed by atoms with E-state index in [2.05, 4.69) is 78.0 Å². The summed E-state index contributed by atoms with van der Waals surface area (Å²) >= 11 is 0. The number of carbonyl (C=O) groups excluding carboxylic acids is 1. The number of ketones is 1. The third-order valence-corrected chi connectivity index (χ3v) is 6.22. The Morgan fingerprint density at radius 2 is 1.97 bits per heavy atom. The highest BCUT2D eigenvalue weighted by atomic mass is 31.0. The van der Waals surface area contributed by atoms with E-state index in [0.29, 0.717) is 18.4 Å². The Balaban J connectivity index is 2.71. The molecule has 0 aliphatic rings. The van der Waals surface area contributed by atoms with Gasteiger partial charge in [0.15, 0.2) is 5.78 Å². The van der Waals surface area contributed by atoms with Gasteiger partial charge in [-0.1, -0.05) is 106 Å². The van der Waals surface area contributed by atoms with Crippen LogP contribution in [-0.2, 0) is 11.2 Å². The molecule has 0 fully saturated rings. The molecule has 1 aromatic rings. The van der Waals surface area contributed by atoms with E-state index in [1.54, 1.807) is 0 Å². The molecule has 3 heteroatoms. The molecule has 0 aliphatic carbocycles. The molecule has 0 aliphatic heterocycles. The molecule has 0 spiro atoms. The number of hydrogen-bond acceptors (Lipinski definition) is 2. The summed E-state index contributed by atoms with van der Waals surface area (Å²) in [5.41, 5.74) is 4.41. The van der Waals surface area contributed by atoms with Crippen molar-refractivity contribution in [2.45, 2.75) is 78.2 Å². The minimum Gasteiger partial charge on any atom is -0.307 e. The van der Waals surface area contributed by atoms with Gasteiger partial charge in [0.2, 0.25) is 0 Å². The lowest BCUT2D eigenvalue weighted by Crippen LogP contribution is -2.30. The third-order valence-electron chi connectivity index (χ3n) is 5.87. The van der Waals surface area contributed by atoms with Crippen LogP contribution in [0.1, 0.15) is 71.3 Å². The molecule has 2 nitrogen and oxygen atoms in total. The van der Waals surface area contributed by atoms with Crippen molar-refractivity contribution in [3.63, 3.8) is 0 Å². The molecule has 190 valence electrons. The van der Waals surface area contributed by atoms with E-state index in [4.69, 9.17) is 0 Å². The normalized spacial score (nSPS) is 13.5. The summed E-state index contributed by atoms with van der Waals surface area (Å²) in [5, 5.41) is 4.96. The average Bonchev–Trinajstić information content (AvgIpc) is 2.85. The molecule has 0 amide bonds. The van der Waals surface area contributed by atoms with Crippen LogP contribution in [0.2, 0.25) is 0 Å². The van der Waals surface area contributed by atoms with Gasteiger partial charge in [-0.2, -0.15) is 0 Å². The van der Waals surface area contributed by atoms with Gasteiger partial charge in [0, 0.05) is 18.0 Å². The fourth-order valence-corrected chi connectivity index (χ4v) is 4.24. The number of rotatable bonds is 18. The van der Waals surface area contributed by atoms with Crippen molar-refractivity contribution in [3.05, 3.63) is 102 Å². The van der Waals surface area contributed by atoms with Crippen molar-refractivity contribution >= 4 is 20.3 Å². The van der Waals surface area contributed by atoms with Crippen LogP contribution in [0.4, 0.5) is 0 Å². The maximum absolute atomic E-state index is 12.7. The molecule has 0 saturated carbocycles. The Bertz CT molecular complexity index is 919. The highest BCUT2D eigenvalue weighted by Gasteiger charge is 2.11. The summed E-state index contributed by atoms with van der Waals surface area (Å²) < 4.78 is 0. The average molecular weight is 492 g/mol. The molecular formula is C32H46NOP. The Morgan fingerprint density at radius 3 is 2.63 bits per heavy atom. The molecule has 1 N–H and O–H groups in total. The fraction of sp³-hybridized carbons (Fsp3) is 0.406. The van der Waals surface area contributed by atoms with Gasteiger partial charge in [0.25, 0.3) is 0 Å². The highest BCUT2D eigenvalue weighted by molar-refractivity contribution is 7.27. The molecule has 35 heavy (non-hydrogen) atoms. The second-order valence-corrected chi connectivity index (χ2v) is 9.52. The maximum atomic E-state index is 12.7. The minimum atomic E-state index is 0.0843. The highest BCUT2D eigenvalue weighted by Crippen LogP contribution is 2.16. The van der Waals surface area contributed by atoms with Crippen LogP contribution in [0.5, 0.6) is 0 Å². The fourth-order valence-electron chi connectivity index (χ4n) is 3.92. The Hall–Kier alpha value is -2.28. The van der Waals surface area contributed by atoms with E-state index >= 15 is 0 Å². The molecular weight excluding hydrogens is 445 g/mol. The topological polar surface area (TPSA) is 29.1 Å². The molecule has 0 saturated heterocycles. The van der Waals surface area contributed by atoms with Crippen LogP contribution < -0.4 is 10.6 Å². The zero-order valence-corrected chi connectivity index (χ0v) is 23.3. The summed E-state index contributed by atoms with van der Waals surface area (Å²) in [5.74, 6) is 0.0843. The summed E-state index contributed by atoms with van der Waals surface area (Å²) in [6, 6.07) is 8.80. The standard InChI is InChI=1S/C32H46NOP/c1-6-10-16-27(9-4)21-23-32(34)26(5)20-22-31(29(14-7-2)15-8-3)33-24-12-11-17-28-18-13-19-30(35)25-28/h6,9-10,13-14,16,18-20,22,25,31,33H,4-5,7-8,11-12,15,17,21,23-24,35H2,1-3H3/b10-6-,22-20-,27-16+,29-14+. The van der Waals surface area contributed by atoms with Crippen molar-refractivity contribution < 1.29 is 4.79 Å². The number of Topliss-reactive ketones (excluding diaryl/α,β-unsaturated/α-hetero) is 1. The van der Waals surface area contributed by atoms with Gasteiger partial charge in [-0.3, -0.25) is 4.79 Å². The van der Waals surface area contributed by atoms with Crippen molar-refractivity contribution in [1.82, 2.24) is 5.32 Å². The first-order valence-corrected chi connectivity index (χ1v) is 13.6. The van der Waals surface area contributed by atoms with Gasteiger partial charge >= 0.3 is 0 Å².